The van der Waals surface area contributed by atoms with Gasteiger partial charge in [0.2, 0.25) is 0 Å². The first-order valence-corrected chi connectivity index (χ1v) is 4.69. The number of halogens is 1. The van der Waals surface area contributed by atoms with Crippen LogP contribution < -0.4 is 5.43 Å². The van der Waals surface area contributed by atoms with Crippen LogP contribution in [0.3, 0.4) is 0 Å². The van der Waals surface area contributed by atoms with Crippen molar-refractivity contribution in [3.63, 3.8) is 0 Å². The number of amides is 1. The molecule has 0 aliphatic heterocycles. The van der Waals surface area contributed by atoms with E-state index in [9.17, 15) is 9.90 Å². The van der Waals surface area contributed by atoms with Crippen molar-refractivity contribution in [2.24, 2.45) is 0 Å². The van der Waals surface area contributed by atoms with Gasteiger partial charge in [0, 0.05) is 5.02 Å². The molecule has 6 nitrogen and oxygen atoms in total. The van der Waals surface area contributed by atoms with Gasteiger partial charge in [-0.25, -0.2) is 4.68 Å². The monoisotopic (exact) mass is 238 g/mol. The van der Waals surface area contributed by atoms with E-state index in [2.05, 4.69) is 15.6 Å². The quantitative estimate of drug-likeness (QED) is 0.819. The van der Waals surface area contributed by atoms with Crippen LogP contribution >= 0.6 is 11.6 Å². The number of hydrogen-bond donors (Lipinski definition) is 2. The lowest BCUT2D eigenvalue weighted by molar-refractivity contribution is 0.100. The molecule has 1 aromatic carbocycles. The molecule has 16 heavy (non-hydrogen) atoms. The minimum atomic E-state index is -0.478. The van der Waals surface area contributed by atoms with E-state index in [1.54, 1.807) is 0 Å². The van der Waals surface area contributed by atoms with Gasteiger partial charge in [-0.2, -0.15) is 0 Å². The summed E-state index contributed by atoms with van der Waals surface area (Å²) >= 11 is 5.65. The van der Waals surface area contributed by atoms with Crippen LogP contribution in [0.4, 0.5) is 0 Å². The van der Waals surface area contributed by atoms with Crippen molar-refractivity contribution in [2.75, 3.05) is 5.43 Å². The molecule has 7 heteroatoms. The molecule has 0 aliphatic carbocycles. The molecular formula is C9H7ClN4O2. The molecule has 2 rings (SSSR count). The van der Waals surface area contributed by atoms with Crippen LogP contribution in [-0.2, 0) is 0 Å². The Labute approximate surface area is 95.5 Å². The zero-order valence-corrected chi connectivity index (χ0v) is 8.72. The standard InChI is InChI=1S/C9H7ClN4O2/c10-6-1-2-7(8(15)3-6)9(16)13-14-4-11-12-5-14/h1-5,15H,(H,13,16). The Bertz CT molecular complexity index is 512. The highest BCUT2D eigenvalue weighted by molar-refractivity contribution is 6.30. The van der Waals surface area contributed by atoms with Crippen LogP contribution in [0.15, 0.2) is 30.9 Å². The van der Waals surface area contributed by atoms with Gasteiger partial charge in [-0.3, -0.25) is 10.2 Å². The molecule has 0 saturated heterocycles. The van der Waals surface area contributed by atoms with Crippen LogP contribution in [0.25, 0.3) is 0 Å². The molecule has 2 N–H and O–H groups in total. The molecule has 1 aromatic heterocycles. The molecule has 0 aliphatic rings. The molecular weight excluding hydrogens is 232 g/mol. The van der Waals surface area contributed by atoms with Gasteiger partial charge in [0.05, 0.1) is 5.56 Å². The minimum absolute atomic E-state index is 0.123. The highest BCUT2D eigenvalue weighted by Gasteiger charge is 2.11. The van der Waals surface area contributed by atoms with Crippen molar-refractivity contribution in [2.45, 2.75) is 0 Å². The number of carbonyl (C=O) groups excluding carboxylic acids is 1. The SMILES string of the molecule is O=C(Nn1cnnc1)c1ccc(Cl)cc1O. The molecule has 0 saturated carbocycles. The first kappa shape index (κ1) is 10.4. The fraction of sp³-hybridized carbons (Fsp3) is 0. The second-order valence-electron chi connectivity index (χ2n) is 2.97. The number of phenolic OH excluding ortho intramolecular Hbond substituents is 1. The van der Waals surface area contributed by atoms with E-state index in [4.69, 9.17) is 11.6 Å². The highest BCUT2D eigenvalue weighted by Crippen LogP contribution is 2.21. The number of phenols is 1. The normalized spacial score (nSPS) is 10.1. The van der Waals surface area contributed by atoms with E-state index in [1.165, 1.54) is 35.5 Å². The summed E-state index contributed by atoms with van der Waals surface area (Å²) in [6.45, 7) is 0. The number of carbonyl (C=O) groups is 1. The van der Waals surface area contributed by atoms with Gasteiger partial charge in [-0.15, -0.1) is 10.2 Å². The summed E-state index contributed by atoms with van der Waals surface area (Å²) in [5.41, 5.74) is 2.57. The third-order valence-electron chi connectivity index (χ3n) is 1.85. The first-order valence-electron chi connectivity index (χ1n) is 4.31. The van der Waals surface area contributed by atoms with Crippen molar-refractivity contribution >= 4 is 17.5 Å². The van der Waals surface area contributed by atoms with Gasteiger partial charge in [-0.1, -0.05) is 11.6 Å². The van der Waals surface area contributed by atoms with Crippen molar-refractivity contribution < 1.29 is 9.90 Å². The Balaban J connectivity index is 2.21. The van der Waals surface area contributed by atoms with E-state index >= 15 is 0 Å². The van der Waals surface area contributed by atoms with Gasteiger partial charge >= 0.3 is 0 Å². The number of aromatic hydroxyl groups is 1. The second kappa shape index (κ2) is 4.19. The predicted molar refractivity (Wildman–Crippen MR) is 56.8 cm³/mol. The maximum Gasteiger partial charge on any atom is 0.273 e. The number of nitrogens with one attached hydrogen (secondary N) is 1. The summed E-state index contributed by atoms with van der Waals surface area (Å²) in [5, 5.41) is 16.9. The zero-order chi connectivity index (χ0) is 11.5. The number of hydrogen-bond acceptors (Lipinski definition) is 4. The van der Waals surface area contributed by atoms with Crippen LogP contribution in [-0.4, -0.2) is 25.9 Å². The zero-order valence-electron chi connectivity index (χ0n) is 7.96. The average molecular weight is 239 g/mol. The van der Waals surface area contributed by atoms with Crippen LogP contribution in [0.2, 0.25) is 5.02 Å². The maximum absolute atomic E-state index is 11.7. The molecule has 0 spiro atoms. The summed E-state index contributed by atoms with van der Waals surface area (Å²) in [7, 11) is 0. The summed E-state index contributed by atoms with van der Waals surface area (Å²) in [4.78, 5) is 11.7. The van der Waals surface area contributed by atoms with Crippen LogP contribution in [0.1, 0.15) is 10.4 Å². The van der Waals surface area contributed by atoms with Crippen molar-refractivity contribution in [3.05, 3.63) is 41.4 Å². The molecule has 1 amide bonds. The molecule has 2 aromatic rings. The Morgan fingerprint density at radius 1 is 1.38 bits per heavy atom. The summed E-state index contributed by atoms with van der Waals surface area (Å²) in [6, 6.07) is 4.24. The molecule has 0 radical (unpaired) electrons. The van der Waals surface area contributed by atoms with E-state index in [-0.39, 0.29) is 11.3 Å². The summed E-state index contributed by atoms with van der Waals surface area (Å²) < 4.78 is 1.27. The predicted octanol–water partition coefficient (Wildman–Crippen LogP) is 1.02. The lowest BCUT2D eigenvalue weighted by Crippen LogP contribution is -2.21. The summed E-state index contributed by atoms with van der Waals surface area (Å²) in [5.74, 6) is -0.660. The fourth-order valence-corrected chi connectivity index (χ4v) is 1.30. The second-order valence-corrected chi connectivity index (χ2v) is 3.41. The van der Waals surface area contributed by atoms with E-state index in [1.807, 2.05) is 0 Å². The lowest BCUT2D eigenvalue weighted by Gasteiger charge is -2.06. The largest absolute Gasteiger partial charge is 0.507 e. The van der Waals surface area contributed by atoms with Crippen molar-refractivity contribution in [1.82, 2.24) is 14.9 Å². The Hall–Kier alpha value is -2.08. The van der Waals surface area contributed by atoms with Crippen LogP contribution in [0, 0.1) is 0 Å². The maximum atomic E-state index is 11.7. The van der Waals surface area contributed by atoms with Crippen LogP contribution in [0.5, 0.6) is 5.75 Å². The molecule has 0 unspecified atom stereocenters. The average Bonchev–Trinajstić information content (AvgIpc) is 2.70. The third kappa shape index (κ3) is 2.12. The Morgan fingerprint density at radius 2 is 2.06 bits per heavy atom. The molecule has 82 valence electrons. The minimum Gasteiger partial charge on any atom is -0.507 e. The Kier molecular flexibility index (Phi) is 2.74. The van der Waals surface area contributed by atoms with E-state index in [0.29, 0.717) is 5.02 Å². The Morgan fingerprint density at radius 3 is 2.69 bits per heavy atom. The van der Waals surface area contributed by atoms with Crippen molar-refractivity contribution in [3.8, 4) is 5.75 Å². The summed E-state index contributed by atoms with van der Waals surface area (Å²) in [6.07, 6.45) is 2.65. The van der Waals surface area contributed by atoms with E-state index in [0.717, 1.165) is 0 Å². The number of nitrogens with zero attached hydrogens (tertiary/aromatic N) is 3. The van der Waals surface area contributed by atoms with Gasteiger partial charge in [0.25, 0.3) is 5.91 Å². The molecule has 0 bridgehead atoms. The first-order chi connectivity index (χ1) is 7.66. The van der Waals surface area contributed by atoms with Gasteiger partial charge in [-0.05, 0) is 18.2 Å². The number of aromatic nitrogens is 3. The number of benzene rings is 1. The smallest absolute Gasteiger partial charge is 0.273 e. The topological polar surface area (TPSA) is 80.0 Å². The van der Waals surface area contributed by atoms with Gasteiger partial charge in [0.1, 0.15) is 18.4 Å². The number of rotatable bonds is 2. The van der Waals surface area contributed by atoms with E-state index < -0.39 is 5.91 Å². The lowest BCUT2D eigenvalue weighted by atomic mass is 10.2. The molecule has 0 fully saturated rings. The highest BCUT2D eigenvalue weighted by atomic mass is 35.5. The van der Waals surface area contributed by atoms with Gasteiger partial charge < -0.3 is 5.11 Å². The van der Waals surface area contributed by atoms with Crippen molar-refractivity contribution in [1.29, 1.82) is 0 Å². The molecule has 0 atom stereocenters. The van der Waals surface area contributed by atoms with Gasteiger partial charge in [0.15, 0.2) is 0 Å². The molecule has 1 heterocycles. The third-order valence-corrected chi connectivity index (χ3v) is 2.09. The fourth-order valence-electron chi connectivity index (χ4n) is 1.13.